The first-order valence-electron chi connectivity index (χ1n) is 12.2. The first-order chi connectivity index (χ1) is 16.8. The van der Waals surface area contributed by atoms with Crippen LogP contribution in [0.3, 0.4) is 0 Å². The minimum absolute atomic E-state index is 0.0448. The van der Waals surface area contributed by atoms with Crippen molar-refractivity contribution in [1.29, 1.82) is 0 Å². The third kappa shape index (κ3) is 6.20. The molecular formula is C29H35FN4O. The number of amides is 1. The Morgan fingerprint density at radius 2 is 1.51 bits per heavy atom. The molecule has 1 aliphatic rings. The van der Waals surface area contributed by atoms with Crippen molar-refractivity contribution in [2.45, 2.75) is 19.9 Å². The summed E-state index contributed by atoms with van der Waals surface area (Å²) in [4.78, 5) is 19.8. The molecule has 1 N–H and O–H groups in total. The van der Waals surface area contributed by atoms with Gasteiger partial charge in [0.15, 0.2) is 0 Å². The van der Waals surface area contributed by atoms with Crippen molar-refractivity contribution in [3.63, 3.8) is 0 Å². The molecule has 5 nitrogen and oxygen atoms in total. The highest BCUT2D eigenvalue weighted by atomic mass is 19.1. The Morgan fingerprint density at radius 3 is 2.09 bits per heavy atom. The molecule has 1 atom stereocenters. The highest BCUT2D eigenvalue weighted by Crippen LogP contribution is 2.26. The molecule has 184 valence electrons. The van der Waals surface area contributed by atoms with Crippen molar-refractivity contribution >= 4 is 17.3 Å². The second-order valence-corrected chi connectivity index (χ2v) is 9.59. The fraction of sp³-hybridized carbons (Fsp3) is 0.345. The highest BCUT2D eigenvalue weighted by Gasteiger charge is 2.26. The van der Waals surface area contributed by atoms with Crippen LogP contribution in [0.2, 0.25) is 0 Å². The van der Waals surface area contributed by atoms with E-state index in [1.807, 2.05) is 52.2 Å². The second-order valence-electron chi connectivity index (χ2n) is 9.59. The SMILES string of the molecule is Cc1cc(C)cc(C(=O)NC[C@@H](c2ccc(N(C)C)cc2)N2CCN(c3ccc(F)cc3)CC2)c1. The summed E-state index contributed by atoms with van der Waals surface area (Å²) in [5.74, 6) is -0.259. The van der Waals surface area contributed by atoms with Crippen LogP contribution in [-0.2, 0) is 0 Å². The average Bonchev–Trinajstić information content (AvgIpc) is 2.84. The molecule has 4 rings (SSSR count). The first kappa shape index (κ1) is 24.7. The fourth-order valence-electron chi connectivity index (χ4n) is 4.79. The van der Waals surface area contributed by atoms with E-state index < -0.39 is 0 Å². The highest BCUT2D eigenvalue weighted by molar-refractivity contribution is 5.94. The van der Waals surface area contributed by atoms with Crippen LogP contribution in [0, 0.1) is 19.7 Å². The summed E-state index contributed by atoms with van der Waals surface area (Å²) in [6.45, 7) is 7.97. The summed E-state index contributed by atoms with van der Waals surface area (Å²) in [5.41, 5.74) is 6.25. The Morgan fingerprint density at radius 1 is 0.914 bits per heavy atom. The number of rotatable bonds is 7. The zero-order valence-corrected chi connectivity index (χ0v) is 21.1. The number of carbonyl (C=O) groups is 1. The molecule has 35 heavy (non-hydrogen) atoms. The number of carbonyl (C=O) groups excluding carboxylic acids is 1. The summed E-state index contributed by atoms with van der Waals surface area (Å²) < 4.78 is 13.3. The number of anilines is 2. The average molecular weight is 475 g/mol. The van der Waals surface area contributed by atoms with Crippen LogP contribution in [0.25, 0.3) is 0 Å². The monoisotopic (exact) mass is 474 g/mol. The number of hydrogen-bond donors (Lipinski definition) is 1. The van der Waals surface area contributed by atoms with E-state index in [1.54, 1.807) is 0 Å². The van der Waals surface area contributed by atoms with Gasteiger partial charge in [-0.1, -0.05) is 29.3 Å². The van der Waals surface area contributed by atoms with Crippen molar-refractivity contribution in [1.82, 2.24) is 10.2 Å². The van der Waals surface area contributed by atoms with E-state index in [1.165, 1.54) is 17.7 Å². The van der Waals surface area contributed by atoms with Gasteiger partial charge in [0.25, 0.3) is 5.91 Å². The topological polar surface area (TPSA) is 38.8 Å². The van der Waals surface area contributed by atoms with Crippen molar-refractivity contribution in [3.8, 4) is 0 Å². The van der Waals surface area contributed by atoms with Gasteiger partial charge in [0.2, 0.25) is 0 Å². The predicted octanol–water partition coefficient (Wildman–Crippen LogP) is 4.80. The molecule has 0 unspecified atom stereocenters. The number of benzene rings is 3. The van der Waals surface area contributed by atoms with E-state index in [9.17, 15) is 9.18 Å². The molecule has 1 fully saturated rings. The summed E-state index contributed by atoms with van der Waals surface area (Å²) in [6.07, 6.45) is 0. The van der Waals surface area contributed by atoms with Crippen LogP contribution in [0.4, 0.5) is 15.8 Å². The molecule has 0 bridgehead atoms. The molecule has 0 spiro atoms. The Kier molecular flexibility index (Phi) is 7.71. The third-order valence-corrected chi connectivity index (χ3v) is 6.68. The van der Waals surface area contributed by atoms with Gasteiger partial charge in [-0.15, -0.1) is 0 Å². The molecule has 6 heteroatoms. The molecule has 3 aromatic carbocycles. The maximum absolute atomic E-state index is 13.3. The van der Waals surface area contributed by atoms with Crippen LogP contribution < -0.4 is 15.1 Å². The van der Waals surface area contributed by atoms with Gasteiger partial charge in [0, 0.05) is 63.8 Å². The van der Waals surface area contributed by atoms with Crippen molar-refractivity contribution in [3.05, 3.63) is 94.8 Å². The number of nitrogens with zero attached hydrogens (tertiary/aromatic N) is 3. The normalized spacial score (nSPS) is 15.1. The Bertz CT molecular complexity index is 1120. The van der Waals surface area contributed by atoms with Gasteiger partial charge in [-0.3, -0.25) is 9.69 Å². The lowest BCUT2D eigenvalue weighted by atomic mass is 10.0. The number of piperazine rings is 1. The standard InChI is InChI=1S/C29H35FN4O/c1-21-17-22(2)19-24(18-21)29(35)31-20-28(23-5-9-26(10-6-23)32(3)4)34-15-13-33(14-16-34)27-11-7-25(30)8-12-27/h5-12,17-19,28H,13-16,20H2,1-4H3,(H,31,35)/t28-/m0/s1. The quantitative estimate of drug-likeness (QED) is 0.534. The second kappa shape index (κ2) is 10.9. The number of nitrogens with one attached hydrogen (secondary N) is 1. The zero-order valence-electron chi connectivity index (χ0n) is 21.1. The molecule has 1 amide bonds. The minimum Gasteiger partial charge on any atom is -0.378 e. The van der Waals surface area contributed by atoms with Crippen molar-refractivity contribution in [2.24, 2.45) is 0 Å². The van der Waals surface area contributed by atoms with Crippen LogP contribution in [0.5, 0.6) is 0 Å². The smallest absolute Gasteiger partial charge is 0.251 e. The lowest BCUT2D eigenvalue weighted by Gasteiger charge is -2.40. The van der Waals surface area contributed by atoms with Crippen LogP contribution in [0.15, 0.2) is 66.7 Å². The lowest BCUT2D eigenvalue weighted by molar-refractivity contribution is 0.0930. The summed E-state index contributed by atoms with van der Waals surface area (Å²) in [7, 11) is 4.07. The van der Waals surface area contributed by atoms with Gasteiger partial charge in [-0.2, -0.15) is 0 Å². The largest absolute Gasteiger partial charge is 0.378 e. The van der Waals surface area contributed by atoms with Gasteiger partial charge in [-0.05, 0) is 67.9 Å². The molecule has 1 heterocycles. The van der Waals surface area contributed by atoms with E-state index >= 15 is 0 Å². The van der Waals surface area contributed by atoms with Gasteiger partial charge in [-0.25, -0.2) is 4.39 Å². The van der Waals surface area contributed by atoms with Crippen molar-refractivity contribution < 1.29 is 9.18 Å². The molecule has 0 saturated carbocycles. The first-order valence-corrected chi connectivity index (χ1v) is 12.2. The number of halogens is 1. The van der Waals surface area contributed by atoms with Crippen LogP contribution >= 0.6 is 0 Å². The summed E-state index contributed by atoms with van der Waals surface area (Å²) in [6, 6.07) is 21.3. The minimum atomic E-state index is -0.215. The van der Waals surface area contributed by atoms with E-state index in [0.29, 0.717) is 12.1 Å². The Labute approximate surface area is 208 Å². The van der Waals surface area contributed by atoms with Crippen LogP contribution in [-0.4, -0.2) is 57.6 Å². The van der Waals surface area contributed by atoms with Gasteiger partial charge in [0.1, 0.15) is 5.82 Å². The van der Waals surface area contributed by atoms with E-state index in [0.717, 1.165) is 48.7 Å². The molecule has 0 aliphatic carbocycles. The Hall–Kier alpha value is -3.38. The van der Waals surface area contributed by atoms with Gasteiger partial charge < -0.3 is 15.1 Å². The van der Waals surface area contributed by atoms with Crippen LogP contribution in [0.1, 0.15) is 33.1 Å². The van der Waals surface area contributed by atoms with Gasteiger partial charge in [0.05, 0.1) is 6.04 Å². The lowest BCUT2D eigenvalue weighted by Crippen LogP contribution is -2.50. The summed E-state index contributed by atoms with van der Waals surface area (Å²) >= 11 is 0. The molecule has 0 radical (unpaired) electrons. The molecule has 1 saturated heterocycles. The molecule has 0 aromatic heterocycles. The number of hydrogen-bond acceptors (Lipinski definition) is 4. The third-order valence-electron chi connectivity index (χ3n) is 6.68. The maximum atomic E-state index is 13.3. The molecule has 1 aliphatic heterocycles. The van der Waals surface area contributed by atoms with Crippen molar-refractivity contribution in [2.75, 3.05) is 56.6 Å². The van der Waals surface area contributed by atoms with E-state index in [2.05, 4.69) is 50.3 Å². The van der Waals surface area contributed by atoms with Gasteiger partial charge >= 0.3 is 0 Å². The van der Waals surface area contributed by atoms with E-state index in [4.69, 9.17) is 0 Å². The number of aryl methyl sites for hydroxylation is 2. The molecular weight excluding hydrogens is 439 g/mol. The fourth-order valence-corrected chi connectivity index (χ4v) is 4.79. The zero-order chi connectivity index (χ0) is 24.9. The predicted molar refractivity (Wildman–Crippen MR) is 142 cm³/mol. The maximum Gasteiger partial charge on any atom is 0.251 e. The Balaban J connectivity index is 1.49. The molecule has 3 aromatic rings. The van der Waals surface area contributed by atoms with E-state index in [-0.39, 0.29) is 17.8 Å². The summed E-state index contributed by atoms with van der Waals surface area (Å²) in [5, 5.41) is 3.19.